The molecule has 1 aromatic rings. The lowest BCUT2D eigenvalue weighted by molar-refractivity contribution is 0.113. The van der Waals surface area contributed by atoms with E-state index < -0.39 is 10.0 Å². The Balaban J connectivity index is 2.81. The van der Waals surface area contributed by atoms with Crippen LogP contribution in [0.4, 0.5) is 0 Å². The van der Waals surface area contributed by atoms with Gasteiger partial charge in [-0.1, -0.05) is 27.7 Å². The van der Waals surface area contributed by atoms with Crippen LogP contribution in [0, 0.1) is 5.92 Å². The predicted molar refractivity (Wildman–Crippen MR) is 82.6 cm³/mol. The van der Waals surface area contributed by atoms with E-state index in [9.17, 15) is 8.42 Å². The van der Waals surface area contributed by atoms with Crippen LogP contribution in [0.3, 0.4) is 0 Å². The van der Waals surface area contributed by atoms with Crippen LogP contribution in [0.15, 0.2) is 4.90 Å². The molecule has 0 aromatic carbocycles. The Morgan fingerprint density at radius 2 is 1.90 bits per heavy atom. The molecular weight excluding hydrogens is 290 g/mol. The first kappa shape index (κ1) is 18.1. The topological polar surface area (TPSA) is 87.2 Å². The highest BCUT2D eigenvalue weighted by Gasteiger charge is 2.23. The van der Waals surface area contributed by atoms with Crippen molar-refractivity contribution in [2.45, 2.75) is 58.4 Å². The minimum atomic E-state index is -3.74. The van der Waals surface area contributed by atoms with Crippen molar-refractivity contribution in [2.75, 3.05) is 13.2 Å². The molecule has 122 valence electrons. The molecule has 0 amide bonds. The SMILES string of the molecule is CCc1nn(CCOCCC(C)C)c(CC)c1S(N)(=O)=O. The summed E-state index contributed by atoms with van der Waals surface area (Å²) in [5.41, 5.74) is 1.21. The summed E-state index contributed by atoms with van der Waals surface area (Å²) in [5, 5.41) is 9.70. The van der Waals surface area contributed by atoms with Gasteiger partial charge in [0.2, 0.25) is 10.0 Å². The van der Waals surface area contributed by atoms with Crippen LogP contribution >= 0.6 is 0 Å². The van der Waals surface area contributed by atoms with Crippen LogP contribution in [-0.2, 0) is 34.1 Å². The molecule has 0 spiro atoms. The fourth-order valence-electron chi connectivity index (χ4n) is 2.20. The number of ether oxygens (including phenoxy) is 1. The minimum Gasteiger partial charge on any atom is -0.380 e. The second kappa shape index (κ2) is 7.91. The van der Waals surface area contributed by atoms with Crippen LogP contribution < -0.4 is 5.14 Å². The van der Waals surface area contributed by atoms with Gasteiger partial charge >= 0.3 is 0 Å². The summed E-state index contributed by atoms with van der Waals surface area (Å²) in [5.74, 6) is 0.613. The molecule has 0 aliphatic carbocycles. The lowest BCUT2D eigenvalue weighted by Crippen LogP contribution is -2.17. The van der Waals surface area contributed by atoms with E-state index in [0.29, 0.717) is 49.9 Å². The van der Waals surface area contributed by atoms with E-state index in [0.717, 1.165) is 6.42 Å². The highest BCUT2D eigenvalue weighted by atomic mass is 32.2. The van der Waals surface area contributed by atoms with E-state index in [1.807, 2.05) is 13.8 Å². The molecule has 21 heavy (non-hydrogen) atoms. The molecular formula is C14H27N3O3S. The summed E-state index contributed by atoms with van der Waals surface area (Å²) >= 11 is 0. The van der Waals surface area contributed by atoms with E-state index in [-0.39, 0.29) is 4.90 Å². The lowest BCUT2D eigenvalue weighted by Gasteiger charge is -2.09. The van der Waals surface area contributed by atoms with Gasteiger partial charge in [0.15, 0.2) is 0 Å². The molecule has 0 fully saturated rings. The third-order valence-corrected chi connectivity index (χ3v) is 4.36. The molecule has 2 N–H and O–H groups in total. The van der Waals surface area contributed by atoms with Crippen molar-refractivity contribution in [2.24, 2.45) is 11.1 Å². The van der Waals surface area contributed by atoms with Crippen molar-refractivity contribution < 1.29 is 13.2 Å². The standard InChI is InChI=1S/C14H27N3O3S/c1-5-12-14(21(15,18)19)13(6-2)17(16-12)8-10-20-9-7-11(3)4/h11H,5-10H2,1-4H3,(H2,15,18,19). The van der Waals surface area contributed by atoms with Gasteiger partial charge in [-0.05, 0) is 25.2 Å². The highest BCUT2D eigenvalue weighted by Crippen LogP contribution is 2.20. The second-order valence-corrected chi connectivity index (χ2v) is 6.99. The first-order chi connectivity index (χ1) is 9.81. The molecule has 0 unspecified atom stereocenters. The number of hydrogen-bond acceptors (Lipinski definition) is 4. The van der Waals surface area contributed by atoms with Crippen molar-refractivity contribution in [1.82, 2.24) is 9.78 Å². The Morgan fingerprint density at radius 3 is 2.38 bits per heavy atom. The van der Waals surface area contributed by atoms with Crippen LogP contribution in [0.25, 0.3) is 0 Å². The Bertz CT molecular complexity index is 550. The molecule has 0 atom stereocenters. The van der Waals surface area contributed by atoms with Crippen molar-refractivity contribution in [3.63, 3.8) is 0 Å². The molecule has 0 saturated heterocycles. The van der Waals surface area contributed by atoms with Gasteiger partial charge in [0, 0.05) is 6.61 Å². The van der Waals surface area contributed by atoms with Gasteiger partial charge in [-0.15, -0.1) is 0 Å². The number of sulfonamides is 1. The van der Waals surface area contributed by atoms with E-state index in [1.165, 1.54) is 0 Å². The Morgan fingerprint density at radius 1 is 1.24 bits per heavy atom. The molecule has 7 heteroatoms. The maximum atomic E-state index is 11.8. The highest BCUT2D eigenvalue weighted by molar-refractivity contribution is 7.89. The average Bonchev–Trinajstić information content (AvgIpc) is 2.75. The number of hydrogen-bond donors (Lipinski definition) is 1. The van der Waals surface area contributed by atoms with Gasteiger partial charge in [0.25, 0.3) is 0 Å². The third kappa shape index (κ3) is 5.09. The molecule has 1 heterocycles. The van der Waals surface area contributed by atoms with Gasteiger partial charge in [-0.25, -0.2) is 13.6 Å². The molecule has 0 aliphatic heterocycles. The van der Waals surface area contributed by atoms with Crippen LogP contribution in [-0.4, -0.2) is 31.4 Å². The minimum absolute atomic E-state index is 0.190. The Labute approximate surface area is 127 Å². The van der Waals surface area contributed by atoms with E-state index in [2.05, 4.69) is 18.9 Å². The lowest BCUT2D eigenvalue weighted by atomic mass is 10.1. The number of aromatic nitrogens is 2. The largest absolute Gasteiger partial charge is 0.380 e. The van der Waals surface area contributed by atoms with Crippen LogP contribution in [0.2, 0.25) is 0 Å². The normalized spacial score (nSPS) is 12.3. The van der Waals surface area contributed by atoms with Crippen molar-refractivity contribution in [1.29, 1.82) is 0 Å². The molecule has 0 radical (unpaired) electrons. The average molecular weight is 317 g/mol. The summed E-state index contributed by atoms with van der Waals surface area (Å²) < 4.78 is 30.8. The van der Waals surface area contributed by atoms with Gasteiger partial charge in [0.1, 0.15) is 4.90 Å². The molecule has 6 nitrogen and oxygen atoms in total. The fourth-order valence-corrected chi connectivity index (χ4v) is 3.29. The van der Waals surface area contributed by atoms with Crippen molar-refractivity contribution >= 4 is 10.0 Å². The number of rotatable bonds is 9. The van der Waals surface area contributed by atoms with E-state index in [4.69, 9.17) is 9.88 Å². The number of nitrogens with two attached hydrogens (primary N) is 1. The van der Waals surface area contributed by atoms with Gasteiger partial charge < -0.3 is 4.74 Å². The summed E-state index contributed by atoms with van der Waals surface area (Å²) in [6.45, 7) is 9.86. The molecule has 0 saturated carbocycles. The monoisotopic (exact) mass is 317 g/mol. The third-order valence-electron chi connectivity index (χ3n) is 3.32. The maximum Gasteiger partial charge on any atom is 0.241 e. The zero-order chi connectivity index (χ0) is 16.0. The molecule has 0 aliphatic rings. The summed E-state index contributed by atoms with van der Waals surface area (Å²) in [7, 11) is -3.74. The van der Waals surface area contributed by atoms with Gasteiger partial charge in [-0.3, -0.25) is 4.68 Å². The van der Waals surface area contributed by atoms with Crippen LogP contribution in [0.1, 0.15) is 45.5 Å². The molecule has 0 bridgehead atoms. The quantitative estimate of drug-likeness (QED) is 0.702. The second-order valence-electron chi connectivity index (χ2n) is 5.49. The van der Waals surface area contributed by atoms with Gasteiger partial charge in [0.05, 0.1) is 24.5 Å². The zero-order valence-electron chi connectivity index (χ0n) is 13.4. The maximum absolute atomic E-state index is 11.8. The predicted octanol–water partition coefficient (Wildman–Crippen LogP) is 1.72. The van der Waals surface area contributed by atoms with E-state index in [1.54, 1.807) is 4.68 Å². The summed E-state index contributed by atoms with van der Waals surface area (Å²) in [6.07, 6.45) is 2.13. The van der Waals surface area contributed by atoms with Gasteiger partial charge in [-0.2, -0.15) is 5.10 Å². The first-order valence-electron chi connectivity index (χ1n) is 7.50. The van der Waals surface area contributed by atoms with Crippen molar-refractivity contribution in [3.05, 3.63) is 11.4 Å². The Kier molecular flexibility index (Phi) is 6.83. The smallest absolute Gasteiger partial charge is 0.241 e. The summed E-state index contributed by atoms with van der Waals surface area (Å²) in [4.78, 5) is 0.190. The Hall–Kier alpha value is -0.920. The summed E-state index contributed by atoms with van der Waals surface area (Å²) in [6, 6.07) is 0. The fraction of sp³-hybridized carbons (Fsp3) is 0.786. The van der Waals surface area contributed by atoms with Crippen LogP contribution in [0.5, 0.6) is 0 Å². The van der Waals surface area contributed by atoms with Crippen molar-refractivity contribution in [3.8, 4) is 0 Å². The number of nitrogens with zero attached hydrogens (tertiary/aromatic N) is 2. The number of aryl methyl sites for hydroxylation is 1. The van der Waals surface area contributed by atoms with E-state index >= 15 is 0 Å². The zero-order valence-corrected chi connectivity index (χ0v) is 14.2. The molecule has 1 rings (SSSR count). The number of primary sulfonamides is 1. The first-order valence-corrected chi connectivity index (χ1v) is 9.04. The molecule has 1 aromatic heterocycles.